The fourth-order valence-electron chi connectivity index (χ4n) is 3.90. The summed E-state index contributed by atoms with van der Waals surface area (Å²) in [6.07, 6.45) is 4.19. The van der Waals surface area contributed by atoms with Crippen molar-refractivity contribution >= 4 is 22.6 Å². The number of anilines is 1. The lowest BCUT2D eigenvalue weighted by atomic mass is 10.1. The van der Waals surface area contributed by atoms with Gasteiger partial charge in [-0.2, -0.15) is 0 Å². The Morgan fingerprint density at radius 3 is 2.85 bits per heavy atom. The van der Waals surface area contributed by atoms with Crippen LogP contribution in [0.15, 0.2) is 41.3 Å². The van der Waals surface area contributed by atoms with E-state index in [1.807, 2.05) is 26.2 Å². The van der Waals surface area contributed by atoms with Gasteiger partial charge in [0.1, 0.15) is 0 Å². The summed E-state index contributed by atoms with van der Waals surface area (Å²) in [6.45, 7) is 2.86. The number of aromatic nitrogens is 3. The number of fused-ring (bicyclic) bond motifs is 1. The molecule has 7 nitrogen and oxygen atoms in total. The van der Waals surface area contributed by atoms with Crippen LogP contribution in [-0.2, 0) is 11.8 Å². The van der Waals surface area contributed by atoms with Crippen molar-refractivity contribution in [2.75, 3.05) is 11.9 Å². The van der Waals surface area contributed by atoms with Gasteiger partial charge < -0.3 is 19.9 Å². The van der Waals surface area contributed by atoms with Crippen LogP contribution in [0.1, 0.15) is 31.5 Å². The number of benzene rings is 1. The molecular weight excluding hydrogens is 330 g/mol. The van der Waals surface area contributed by atoms with Gasteiger partial charge in [-0.1, -0.05) is 0 Å². The first-order valence-electron chi connectivity index (χ1n) is 8.93. The Hall–Kier alpha value is -2.80. The van der Waals surface area contributed by atoms with Gasteiger partial charge in [-0.25, -0.2) is 4.79 Å². The molecule has 1 aromatic carbocycles. The molecule has 4 rings (SSSR count). The lowest BCUT2D eigenvalue weighted by Gasteiger charge is -2.30. The number of rotatable bonds is 4. The quantitative estimate of drug-likeness (QED) is 0.673. The Morgan fingerprint density at radius 1 is 1.27 bits per heavy atom. The van der Waals surface area contributed by atoms with Crippen molar-refractivity contribution in [1.29, 1.82) is 0 Å². The third-order valence-corrected chi connectivity index (χ3v) is 5.28. The van der Waals surface area contributed by atoms with Crippen molar-refractivity contribution in [3.8, 4) is 0 Å². The summed E-state index contributed by atoms with van der Waals surface area (Å²) in [7, 11) is 2.05. The number of imidazole rings is 1. The van der Waals surface area contributed by atoms with E-state index in [4.69, 9.17) is 0 Å². The number of nitrogens with zero attached hydrogens (tertiary/aromatic N) is 2. The van der Waals surface area contributed by atoms with Gasteiger partial charge in [0.05, 0.1) is 23.1 Å². The van der Waals surface area contributed by atoms with Crippen LogP contribution in [0.25, 0.3) is 11.0 Å². The Morgan fingerprint density at radius 2 is 2.08 bits per heavy atom. The summed E-state index contributed by atoms with van der Waals surface area (Å²) in [6, 6.07) is 9.56. The minimum atomic E-state index is -0.251. The van der Waals surface area contributed by atoms with E-state index in [9.17, 15) is 9.59 Å². The number of hydrogen-bond acceptors (Lipinski definition) is 3. The Labute approximate surface area is 151 Å². The lowest BCUT2D eigenvalue weighted by molar-refractivity contribution is -0.121. The first-order chi connectivity index (χ1) is 12.5. The number of aryl methyl sites for hydroxylation is 1. The molecule has 0 bridgehead atoms. The number of likely N-dealkylation sites (tertiary alicyclic amines) is 1. The normalized spacial score (nSPS) is 19.1. The molecule has 0 saturated carbocycles. The van der Waals surface area contributed by atoms with E-state index in [-0.39, 0.29) is 23.7 Å². The molecule has 26 heavy (non-hydrogen) atoms. The van der Waals surface area contributed by atoms with E-state index in [2.05, 4.69) is 30.8 Å². The van der Waals surface area contributed by atoms with Crippen molar-refractivity contribution in [2.45, 2.75) is 31.8 Å². The minimum Gasteiger partial charge on any atom is -0.353 e. The number of carbonyl (C=O) groups is 1. The Balaban J connectivity index is 1.51. The molecule has 2 unspecified atom stereocenters. The molecule has 0 aliphatic carbocycles. The molecule has 3 heterocycles. The summed E-state index contributed by atoms with van der Waals surface area (Å²) in [4.78, 5) is 31.9. The van der Waals surface area contributed by atoms with Crippen molar-refractivity contribution in [1.82, 2.24) is 19.4 Å². The molecule has 3 aromatic rings. The van der Waals surface area contributed by atoms with Gasteiger partial charge in [-0.3, -0.25) is 9.69 Å². The molecule has 1 fully saturated rings. The van der Waals surface area contributed by atoms with E-state index in [1.165, 1.54) is 5.69 Å². The molecule has 1 aliphatic heterocycles. The van der Waals surface area contributed by atoms with Gasteiger partial charge in [0.25, 0.3) is 0 Å². The summed E-state index contributed by atoms with van der Waals surface area (Å²) in [5, 5.41) is 2.98. The second kappa shape index (κ2) is 6.49. The zero-order valence-electron chi connectivity index (χ0n) is 15.0. The number of aromatic amines is 2. The third-order valence-electron chi connectivity index (χ3n) is 5.28. The minimum absolute atomic E-state index is 0.0386. The smallest absolute Gasteiger partial charge is 0.323 e. The summed E-state index contributed by atoms with van der Waals surface area (Å²) in [5.41, 5.74) is 3.08. The van der Waals surface area contributed by atoms with Crippen molar-refractivity contribution < 1.29 is 4.79 Å². The number of carbonyl (C=O) groups excluding carboxylic acids is 1. The van der Waals surface area contributed by atoms with Crippen LogP contribution in [0.5, 0.6) is 0 Å². The molecule has 0 spiro atoms. The van der Waals surface area contributed by atoms with Crippen molar-refractivity contribution in [3.05, 3.63) is 52.7 Å². The van der Waals surface area contributed by atoms with E-state index >= 15 is 0 Å². The van der Waals surface area contributed by atoms with Crippen molar-refractivity contribution in [3.63, 3.8) is 0 Å². The molecule has 2 atom stereocenters. The highest BCUT2D eigenvalue weighted by Crippen LogP contribution is 2.33. The highest BCUT2D eigenvalue weighted by molar-refractivity contribution is 5.96. The highest BCUT2D eigenvalue weighted by Gasteiger charge is 2.34. The maximum Gasteiger partial charge on any atom is 0.323 e. The third kappa shape index (κ3) is 2.94. The SMILES string of the molecule is CC(C(=O)Nc1ccc2[nH]c(=O)[nH]c2c1)N1CCCC1c1cccn1C. The van der Waals surface area contributed by atoms with Gasteiger partial charge in [0.2, 0.25) is 5.91 Å². The largest absolute Gasteiger partial charge is 0.353 e. The summed E-state index contributed by atoms with van der Waals surface area (Å²) >= 11 is 0. The van der Waals surface area contributed by atoms with Gasteiger partial charge in [0, 0.05) is 24.6 Å². The van der Waals surface area contributed by atoms with Gasteiger partial charge in [-0.15, -0.1) is 0 Å². The van der Waals surface area contributed by atoms with E-state index in [0.29, 0.717) is 11.2 Å². The van der Waals surface area contributed by atoms with E-state index in [1.54, 1.807) is 18.2 Å². The number of amides is 1. The molecule has 0 radical (unpaired) electrons. The highest BCUT2D eigenvalue weighted by atomic mass is 16.2. The van der Waals surface area contributed by atoms with Crippen LogP contribution in [0.3, 0.4) is 0 Å². The van der Waals surface area contributed by atoms with Crippen LogP contribution in [0.4, 0.5) is 5.69 Å². The second-order valence-electron chi connectivity index (χ2n) is 6.94. The topological polar surface area (TPSA) is 85.9 Å². The number of nitrogens with one attached hydrogen (secondary N) is 3. The molecule has 2 aromatic heterocycles. The molecule has 136 valence electrons. The Kier molecular flexibility index (Phi) is 4.16. The number of hydrogen-bond donors (Lipinski definition) is 3. The maximum atomic E-state index is 12.8. The average Bonchev–Trinajstić information content (AvgIpc) is 3.31. The molecule has 1 amide bonds. The molecule has 3 N–H and O–H groups in total. The second-order valence-corrected chi connectivity index (χ2v) is 6.94. The first kappa shape index (κ1) is 16.7. The van der Waals surface area contributed by atoms with Gasteiger partial charge >= 0.3 is 5.69 Å². The average molecular weight is 353 g/mol. The zero-order chi connectivity index (χ0) is 18.3. The molecular formula is C19H23N5O2. The van der Waals surface area contributed by atoms with Crippen LogP contribution in [0.2, 0.25) is 0 Å². The van der Waals surface area contributed by atoms with Crippen LogP contribution in [-0.4, -0.2) is 37.9 Å². The van der Waals surface area contributed by atoms with Crippen molar-refractivity contribution in [2.24, 2.45) is 7.05 Å². The number of H-pyrrole nitrogens is 2. The standard InChI is InChI=1S/C19H23N5O2/c1-12(24-10-4-6-17(24)16-5-3-9-23(16)2)18(25)20-13-7-8-14-15(11-13)22-19(26)21-14/h3,5,7-9,11-12,17H,4,6,10H2,1-2H3,(H,20,25)(H2,21,22,26). The summed E-state index contributed by atoms with van der Waals surface area (Å²) in [5.74, 6) is -0.0386. The fraction of sp³-hybridized carbons (Fsp3) is 0.368. The fourth-order valence-corrected chi connectivity index (χ4v) is 3.90. The monoisotopic (exact) mass is 353 g/mol. The first-order valence-corrected chi connectivity index (χ1v) is 8.93. The Bertz CT molecular complexity index is 999. The van der Waals surface area contributed by atoms with Gasteiger partial charge in [-0.05, 0) is 56.6 Å². The van der Waals surface area contributed by atoms with E-state index in [0.717, 1.165) is 24.9 Å². The van der Waals surface area contributed by atoms with Crippen LogP contribution in [0, 0.1) is 0 Å². The van der Waals surface area contributed by atoms with Crippen LogP contribution >= 0.6 is 0 Å². The zero-order valence-corrected chi connectivity index (χ0v) is 15.0. The summed E-state index contributed by atoms with van der Waals surface area (Å²) < 4.78 is 2.13. The maximum absolute atomic E-state index is 12.8. The lowest BCUT2D eigenvalue weighted by Crippen LogP contribution is -2.42. The van der Waals surface area contributed by atoms with Gasteiger partial charge in [0.15, 0.2) is 0 Å². The molecule has 7 heteroatoms. The predicted octanol–water partition coefficient (Wildman–Crippen LogP) is 2.36. The molecule has 1 saturated heterocycles. The molecule has 1 aliphatic rings. The van der Waals surface area contributed by atoms with Crippen LogP contribution < -0.4 is 11.0 Å². The predicted molar refractivity (Wildman–Crippen MR) is 101 cm³/mol. The van der Waals surface area contributed by atoms with E-state index < -0.39 is 0 Å².